The van der Waals surface area contributed by atoms with Gasteiger partial charge in [-0.25, -0.2) is 0 Å². The van der Waals surface area contributed by atoms with E-state index in [-0.39, 0.29) is 28.0 Å². The highest BCUT2D eigenvalue weighted by Gasteiger charge is 2.56. The lowest BCUT2D eigenvalue weighted by Crippen LogP contribution is -2.45. The van der Waals surface area contributed by atoms with Gasteiger partial charge in [0.1, 0.15) is 5.78 Å². The predicted molar refractivity (Wildman–Crippen MR) is 139 cm³/mol. The molecule has 1 aromatic carbocycles. The molecule has 0 unspecified atom stereocenters. The van der Waals surface area contributed by atoms with Gasteiger partial charge in [-0.2, -0.15) is 0 Å². The number of carbonyl (C=O) groups excluding carboxylic acids is 2. The molecule has 0 radical (unpaired) electrons. The van der Waals surface area contributed by atoms with Crippen LogP contribution in [0.2, 0.25) is 0 Å². The Hall–Kier alpha value is -2.46. The summed E-state index contributed by atoms with van der Waals surface area (Å²) in [5, 5.41) is 22.5. The molecule has 4 aliphatic rings. The number of allylic oxidation sites excluding steroid dienone is 4. The van der Waals surface area contributed by atoms with Crippen molar-refractivity contribution in [2.45, 2.75) is 63.2 Å². The third kappa shape index (κ3) is 4.12. The van der Waals surface area contributed by atoms with Gasteiger partial charge in [-0.05, 0) is 62.5 Å². The van der Waals surface area contributed by atoms with Crippen LogP contribution in [-0.2, 0) is 9.59 Å². The lowest BCUT2D eigenvalue weighted by atomic mass is 9.50. The van der Waals surface area contributed by atoms with Crippen LogP contribution in [-0.4, -0.2) is 27.2 Å². The van der Waals surface area contributed by atoms with Crippen molar-refractivity contribution in [3.8, 4) is 0 Å². The van der Waals surface area contributed by atoms with E-state index in [4.69, 9.17) is 0 Å². The Labute approximate surface area is 217 Å². The third-order valence-corrected chi connectivity index (χ3v) is 11.3. The van der Waals surface area contributed by atoms with Crippen LogP contribution >= 0.6 is 21.6 Å². The molecule has 4 atom stereocenters. The first-order chi connectivity index (χ1) is 17.2. The average Bonchev–Trinajstić information content (AvgIpc) is 3.16. The van der Waals surface area contributed by atoms with Gasteiger partial charge in [-0.15, -0.1) is 0 Å². The number of rotatable bonds is 7. The molecule has 8 nitrogen and oxygen atoms in total. The van der Waals surface area contributed by atoms with Gasteiger partial charge in [0.25, 0.3) is 11.4 Å². The van der Waals surface area contributed by atoms with Gasteiger partial charge >= 0.3 is 0 Å². The summed E-state index contributed by atoms with van der Waals surface area (Å²) in [5.41, 5.74) is 1.62. The number of nitrogens with zero attached hydrogens (tertiary/aromatic N) is 2. The number of hydrogen-bond acceptors (Lipinski definition) is 8. The highest BCUT2D eigenvalue weighted by molar-refractivity contribution is 8.76. The molecule has 2 saturated carbocycles. The van der Waals surface area contributed by atoms with Gasteiger partial charge in [0.2, 0.25) is 0 Å². The van der Waals surface area contributed by atoms with Crippen molar-refractivity contribution in [3.63, 3.8) is 0 Å². The average molecular weight is 529 g/mol. The lowest BCUT2D eigenvalue weighted by molar-refractivity contribution is -0.396. The van der Waals surface area contributed by atoms with E-state index in [1.54, 1.807) is 0 Å². The zero-order chi connectivity index (χ0) is 25.7. The molecule has 5 rings (SSSR count). The fourth-order valence-corrected chi connectivity index (χ4v) is 9.33. The second kappa shape index (κ2) is 9.45. The topological polar surface area (TPSA) is 120 Å². The fourth-order valence-electron chi connectivity index (χ4n) is 7.04. The molecular weight excluding hydrogens is 500 g/mol. The van der Waals surface area contributed by atoms with Crippen LogP contribution < -0.4 is 0 Å². The number of hydrogen-bond donors (Lipinski definition) is 0. The summed E-state index contributed by atoms with van der Waals surface area (Å²) in [5.74, 6) is 2.02. The summed E-state index contributed by atoms with van der Waals surface area (Å²) in [4.78, 5) is 46.7. The number of fused-ring (bicyclic) bond motifs is 5. The van der Waals surface area contributed by atoms with Crippen molar-refractivity contribution < 1.29 is 19.4 Å². The molecule has 4 aliphatic carbocycles. The first-order valence-corrected chi connectivity index (χ1v) is 14.7. The van der Waals surface area contributed by atoms with Crippen molar-refractivity contribution in [1.29, 1.82) is 0 Å². The fraction of sp³-hybridized carbons (Fsp3) is 0.538. The van der Waals surface area contributed by atoms with Crippen molar-refractivity contribution in [2.24, 2.45) is 22.7 Å². The molecule has 0 aromatic heterocycles. The maximum Gasteiger partial charge on any atom is 0.290 e. The Morgan fingerprint density at radius 2 is 1.89 bits per heavy atom. The maximum atomic E-state index is 12.7. The van der Waals surface area contributed by atoms with Crippen LogP contribution in [0.1, 0.15) is 58.3 Å². The van der Waals surface area contributed by atoms with E-state index in [2.05, 4.69) is 13.0 Å². The Bertz CT molecular complexity index is 1230. The van der Waals surface area contributed by atoms with Crippen LogP contribution in [0.15, 0.2) is 46.4 Å². The molecule has 0 heterocycles. The number of Topliss-reactive ketones (excluding diaryl/α,β-unsaturated/α-hetero) is 1. The normalized spacial score (nSPS) is 31.1. The zero-order valence-corrected chi connectivity index (χ0v) is 21.7. The molecule has 0 saturated heterocycles. The van der Waals surface area contributed by atoms with Crippen molar-refractivity contribution in [2.75, 3.05) is 5.75 Å². The highest BCUT2D eigenvalue weighted by atomic mass is 33.1. The largest absolute Gasteiger partial charge is 0.299 e. The molecule has 1 aromatic rings. The van der Waals surface area contributed by atoms with Crippen molar-refractivity contribution in [3.05, 3.63) is 61.7 Å². The number of benzene rings is 1. The van der Waals surface area contributed by atoms with E-state index in [0.29, 0.717) is 35.4 Å². The molecule has 0 spiro atoms. The summed E-state index contributed by atoms with van der Waals surface area (Å²) in [6.07, 6.45) is 10.5. The maximum absolute atomic E-state index is 12.7. The minimum absolute atomic E-state index is 0.180. The van der Waals surface area contributed by atoms with Crippen LogP contribution in [0.25, 0.3) is 0 Å². The Balaban J connectivity index is 1.37. The molecule has 36 heavy (non-hydrogen) atoms. The third-order valence-electron chi connectivity index (χ3n) is 8.91. The molecular formula is C26H28N2O6S2. The monoisotopic (exact) mass is 528 g/mol. The van der Waals surface area contributed by atoms with E-state index < -0.39 is 9.85 Å². The first kappa shape index (κ1) is 25.2. The van der Waals surface area contributed by atoms with E-state index >= 15 is 0 Å². The molecule has 0 N–H and O–H groups in total. The summed E-state index contributed by atoms with van der Waals surface area (Å²) in [6.45, 7) is 2.13. The van der Waals surface area contributed by atoms with Gasteiger partial charge in [0, 0.05) is 35.5 Å². The molecule has 2 fully saturated rings. The number of nitro groups is 2. The van der Waals surface area contributed by atoms with Gasteiger partial charge in [0.15, 0.2) is 5.78 Å². The van der Waals surface area contributed by atoms with Gasteiger partial charge < -0.3 is 0 Å². The van der Waals surface area contributed by atoms with Gasteiger partial charge in [-0.1, -0.05) is 45.7 Å². The second-order valence-corrected chi connectivity index (χ2v) is 13.0. The van der Waals surface area contributed by atoms with Crippen LogP contribution in [0.4, 0.5) is 11.4 Å². The van der Waals surface area contributed by atoms with E-state index in [0.717, 1.165) is 50.3 Å². The molecule has 10 heteroatoms. The van der Waals surface area contributed by atoms with E-state index in [1.807, 2.05) is 6.08 Å². The molecule has 0 bridgehead atoms. The number of carbonyl (C=O) groups is 2. The van der Waals surface area contributed by atoms with Gasteiger partial charge in [-0.3, -0.25) is 29.8 Å². The molecule has 0 amide bonds. The van der Waals surface area contributed by atoms with Crippen LogP contribution in [0, 0.1) is 42.9 Å². The Kier molecular flexibility index (Phi) is 6.61. The number of nitro benzene ring substituents is 2. The molecule has 0 aliphatic heterocycles. The highest BCUT2D eigenvalue weighted by Crippen LogP contribution is 2.63. The Morgan fingerprint density at radius 3 is 2.64 bits per heavy atom. The standard InChI is InChI=1S/C26H28N2O6S2/c1-25-10-9-21-19(20(25)5-7-24(25)30)4-2-16-14-18(29)8-11-26(16,21)12-13-35-36-23-6-3-17(27(31)32)15-22(23)28(33)34/h3,6,9,14-15,19-20H,2,4-5,7-8,10-13H2,1H3/t19-,20-,25-,26+/m0/s1. The number of non-ortho nitro benzene ring substituents is 1. The minimum Gasteiger partial charge on any atom is -0.299 e. The SMILES string of the molecule is C[C@]12CC=C3[C@@H](CCC4=CC(=O)CC[C@@]43CCSSc3ccc([N+](=O)[O-])cc3[N+](=O)[O-])[C@@H]1CCC2=O. The summed E-state index contributed by atoms with van der Waals surface area (Å²) < 4.78 is 0. The van der Waals surface area contributed by atoms with E-state index in [1.165, 1.54) is 44.9 Å². The van der Waals surface area contributed by atoms with Crippen molar-refractivity contribution in [1.82, 2.24) is 0 Å². The van der Waals surface area contributed by atoms with Crippen LogP contribution in [0.5, 0.6) is 0 Å². The Morgan fingerprint density at radius 1 is 1.08 bits per heavy atom. The summed E-state index contributed by atoms with van der Waals surface area (Å²) in [6, 6.07) is 3.74. The smallest absolute Gasteiger partial charge is 0.290 e. The van der Waals surface area contributed by atoms with Crippen molar-refractivity contribution >= 4 is 44.5 Å². The first-order valence-electron chi connectivity index (χ1n) is 12.4. The summed E-state index contributed by atoms with van der Waals surface area (Å²) in [7, 11) is 2.77. The quantitative estimate of drug-likeness (QED) is 0.127. The minimum atomic E-state index is -0.633. The zero-order valence-electron chi connectivity index (χ0n) is 20.1. The van der Waals surface area contributed by atoms with Crippen LogP contribution in [0.3, 0.4) is 0 Å². The van der Waals surface area contributed by atoms with E-state index in [9.17, 15) is 29.8 Å². The number of ketones is 2. The lowest BCUT2D eigenvalue weighted by Gasteiger charge is -2.53. The predicted octanol–water partition coefficient (Wildman–Crippen LogP) is 6.63. The molecule has 190 valence electrons. The second-order valence-electron chi connectivity index (χ2n) is 10.5. The van der Waals surface area contributed by atoms with Gasteiger partial charge in [0.05, 0.1) is 20.8 Å². The summed E-state index contributed by atoms with van der Waals surface area (Å²) >= 11 is 0.